The molecule has 1 spiro atoms. The maximum absolute atomic E-state index is 13.0. The number of nitrogens with zero attached hydrogens (tertiary/aromatic N) is 2. The van der Waals surface area contributed by atoms with Crippen LogP contribution in [0.5, 0.6) is 0 Å². The van der Waals surface area contributed by atoms with E-state index in [1.54, 1.807) is 4.90 Å². The summed E-state index contributed by atoms with van der Waals surface area (Å²) in [6.07, 6.45) is 5.33. The molecule has 146 valence electrons. The first kappa shape index (κ1) is 19.2. The second-order valence-corrected chi connectivity index (χ2v) is 9.63. The van der Waals surface area contributed by atoms with Gasteiger partial charge in [-0.2, -0.15) is 0 Å². The Morgan fingerprint density at radius 2 is 1.85 bits per heavy atom. The van der Waals surface area contributed by atoms with Gasteiger partial charge in [0.2, 0.25) is 5.91 Å². The van der Waals surface area contributed by atoms with Crippen molar-refractivity contribution in [2.24, 2.45) is 17.3 Å². The lowest BCUT2D eigenvalue weighted by Crippen LogP contribution is -2.51. The van der Waals surface area contributed by atoms with Gasteiger partial charge in [0, 0.05) is 13.1 Å². The smallest absolute Gasteiger partial charge is 0.325 e. The Kier molecular flexibility index (Phi) is 5.06. The lowest BCUT2D eigenvalue weighted by molar-refractivity contribution is -0.140. The highest BCUT2D eigenvalue weighted by Gasteiger charge is 2.53. The van der Waals surface area contributed by atoms with Crippen molar-refractivity contribution < 1.29 is 14.4 Å². The minimum atomic E-state index is -0.783. The van der Waals surface area contributed by atoms with Crippen LogP contribution in [0.4, 0.5) is 4.79 Å². The molecule has 1 atom stereocenters. The van der Waals surface area contributed by atoms with E-state index in [1.807, 2.05) is 0 Å². The molecule has 6 nitrogen and oxygen atoms in total. The Morgan fingerprint density at radius 1 is 1.19 bits per heavy atom. The average Bonchev–Trinajstić information content (AvgIpc) is 2.78. The van der Waals surface area contributed by atoms with Crippen LogP contribution in [0.2, 0.25) is 0 Å². The monoisotopic (exact) mass is 363 g/mol. The molecule has 2 aliphatic heterocycles. The van der Waals surface area contributed by atoms with Crippen molar-refractivity contribution in [2.75, 3.05) is 19.6 Å². The van der Waals surface area contributed by atoms with Crippen LogP contribution in [-0.4, -0.2) is 52.8 Å². The van der Waals surface area contributed by atoms with E-state index < -0.39 is 11.6 Å². The third kappa shape index (κ3) is 3.60. The Hall–Kier alpha value is -1.59. The molecule has 0 aromatic carbocycles. The van der Waals surface area contributed by atoms with Gasteiger partial charge in [0.25, 0.3) is 5.91 Å². The summed E-state index contributed by atoms with van der Waals surface area (Å²) in [5.41, 5.74) is -0.567. The minimum absolute atomic E-state index is 0.111. The number of nitrogens with one attached hydrogen (secondary N) is 1. The highest BCUT2D eigenvalue weighted by molar-refractivity contribution is 6.09. The van der Waals surface area contributed by atoms with Crippen LogP contribution in [0.15, 0.2) is 0 Å². The van der Waals surface area contributed by atoms with Gasteiger partial charge in [0.1, 0.15) is 12.1 Å². The molecule has 26 heavy (non-hydrogen) atoms. The van der Waals surface area contributed by atoms with Crippen LogP contribution in [0, 0.1) is 17.3 Å². The van der Waals surface area contributed by atoms with Crippen LogP contribution in [0.1, 0.15) is 66.2 Å². The van der Waals surface area contributed by atoms with Gasteiger partial charge in [-0.05, 0) is 55.8 Å². The van der Waals surface area contributed by atoms with Crippen LogP contribution >= 0.6 is 0 Å². The van der Waals surface area contributed by atoms with Gasteiger partial charge in [0.15, 0.2) is 0 Å². The fourth-order valence-electron chi connectivity index (χ4n) is 4.79. The van der Waals surface area contributed by atoms with Gasteiger partial charge in [-0.3, -0.25) is 14.5 Å². The Bertz CT molecular complexity index is 588. The minimum Gasteiger partial charge on any atom is -0.341 e. The third-order valence-corrected chi connectivity index (χ3v) is 6.61. The summed E-state index contributed by atoms with van der Waals surface area (Å²) in [7, 11) is 0. The van der Waals surface area contributed by atoms with E-state index in [1.165, 1.54) is 0 Å². The summed E-state index contributed by atoms with van der Waals surface area (Å²) in [4.78, 5) is 41.0. The summed E-state index contributed by atoms with van der Waals surface area (Å²) >= 11 is 0. The zero-order chi connectivity index (χ0) is 19.1. The van der Waals surface area contributed by atoms with Gasteiger partial charge in [-0.15, -0.1) is 0 Å². The van der Waals surface area contributed by atoms with E-state index in [4.69, 9.17) is 0 Å². The quantitative estimate of drug-likeness (QED) is 0.767. The zero-order valence-electron chi connectivity index (χ0n) is 16.6. The van der Waals surface area contributed by atoms with Crippen molar-refractivity contribution in [3.8, 4) is 0 Å². The number of hydrogen-bond acceptors (Lipinski definition) is 3. The molecule has 3 aliphatic rings. The molecule has 3 rings (SSSR count). The van der Waals surface area contributed by atoms with E-state index in [0.29, 0.717) is 24.7 Å². The number of rotatable bonds is 2. The van der Waals surface area contributed by atoms with E-state index >= 15 is 0 Å². The van der Waals surface area contributed by atoms with E-state index in [0.717, 1.165) is 43.7 Å². The average molecular weight is 364 g/mol. The van der Waals surface area contributed by atoms with Crippen LogP contribution in [-0.2, 0) is 9.59 Å². The molecule has 0 aromatic heterocycles. The summed E-state index contributed by atoms with van der Waals surface area (Å²) in [5, 5.41) is 2.92. The standard InChI is InChI=1S/C20H33N3O3/c1-14-6-5-11-22(12-14)16(24)13-23-17(25)20(21-18(23)26)9-7-15(8-10-20)19(2,3)4/h14-15H,5-13H2,1-4H3,(H,21,26). The predicted molar refractivity (Wildman–Crippen MR) is 99.4 cm³/mol. The Morgan fingerprint density at radius 3 is 2.42 bits per heavy atom. The molecule has 1 aliphatic carbocycles. The maximum atomic E-state index is 13.0. The zero-order valence-corrected chi connectivity index (χ0v) is 16.6. The number of imide groups is 1. The molecule has 3 fully saturated rings. The van der Waals surface area contributed by atoms with Gasteiger partial charge >= 0.3 is 6.03 Å². The summed E-state index contributed by atoms with van der Waals surface area (Å²) < 4.78 is 0. The van der Waals surface area contributed by atoms with E-state index in [-0.39, 0.29) is 23.8 Å². The summed E-state index contributed by atoms with van der Waals surface area (Å²) in [6.45, 7) is 10.2. The number of hydrogen-bond donors (Lipinski definition) is 1. The summed E-state index contributed by atoms with van der Waals surface area (Å²) in [6, 6.07) is -0.400. The van der Waals surface area contributed by atoms with Crippen LogP contribution in [0.25, 0.3) is 0 Å². The summed E-state index contributed by atoms with van der Waals surface area (Å²) in [5.74, 6) is 0.729. The molecule has 4 amide bonds. The molecule has 0 aromatic rings. The SMILES string of the molecule is CC1CCCN(C(=O)CN2C(=O)NC3(CCC(C(C)(C)C)CC3)C2=O)C1. The van der Waals surface area contributed by atoms with E-state index in [9.17, 15) is 14.4 Å². The van der Waals surface area contributed by atoms with E-state index in [2.05, 4.69) is 33.0 Å². The van der Waals surface area contributed by atoms with Gasteiger partial charge in [-0.25, -0.2) is 4.79 Å². The molecular formula is C20H33N3O3. The molecular weight excluding hydrogens is 330 g/mol. The largest absolute Gasteiger partial charge is 0.341 e. The van der Waals surface area contributed by atoms with Crippen LogP contribution < -0.4 is 5.32 Å². The number of carbonyl (C=O) groups excluding carboxylic acids is 3. The second-order valence-electron chi connectivity index (χ2n) is 9.63. The molecule has 1 saturated carbocycles. The molecule has 1 unspecified atom stereocenters. The number of amides is 4. The number of urea groups is 1. The predicted octanol–water partition coefficient (Wildman–Crippen LogP) is 2.77. The molecule has 2 saturated heterocycles. The lowest BCUT2D eigenvalue weighted by Gasteiger charge is -2.40. The van der Waals surface area contributed by atoms with Crippen molar-refractivity contribution in [3.63, 3.8) is 0 Å². The highest BCUT2D eigenvalue weighted by atomic mass is 16.2. The van der Waals surface area contributed by atoms with Crippen molar-refractivity contribution in [1.29, 1.82) is 0 Å². The van der Waals surface area contributed by atoms with Crippen molar-refractivity contribution in [3.05, 3.63) is 0 Å². The normalized spacial score (nSPS) is 32.9. The third-order valence-electron chi connectivity index (χ3n) is 6.61. The lowest BCUT2D eigenvalue weighted by atomic mass is 9.67. The first-order valence-corrected chi connectivity index (χ1v) is 10.0. The fraction of sp³-hybridized carbons (Fsp3) is 0.850. The van der Waals surface area contributed by atoms with Gasteiger partial charge in [0.05, 0.1) is 0 Å². The fourth-order valence-corrected chi connectivity index (χ4v) is 4.79. The first-order valence-electron chi connectivity index (χ1n) is 10.0. The van der Waals surface area contributed by atoms with Crippen molar-refractivity contribution >= 4 is 17.8 Å². The Labute approximate surface area is 156 Å². The molecule has 2 heterocycles. The first-order chi connectivity index (χ1) is 12.1. The number of piperidine rings is 1. The van der Waals surface area contributed by atoms with Gasteiger partial charge < -0.3 is 10.2 Å². The maximum Gasteiger partial charge on any atom is 0.325 e. The molecule has 1 N–H and O–H groups in total. The molecule has 0 radical (unpaired) electrons. The number of carbonyl (C=O) groups is 3. The van der Waals surface area contributed by atoms with Crippen molar-refractivity contribution in [1.82, 2.24) is 15.1 Å². The number of likely N-dealkylation sites (tertiary alicyclic amines) is 1. The molecule has 0 bridgehead atoms. The van der Waals surface area contributed by atoms with Crippen molar-refractivity contribution in [2.45, 2.75) is 71.8 Å². The molecule has 6 heteroatoms. The highest BCUT2D eigenvalue weighted by Crippen LogP contribution is 2.43. The topological polar surface area (TPSA) is 69.7 Å². The van der Waals surface area contributed by atoms with Gasteiger partial charge in [-0.1, -0.05) is 27.7 Å². The second kappa shape index (κ2) is 6.86. The van der Waals surface area contributed by atoms with Crippen LogP contribution in [0.3, 0.4) is 0 Å². The Balaban J connectivity index is 1.63.